The van der Waals surface area contributed by atoms with Gasteiger partial charge in [0.1, 0.15) is 12.4 Å². The highest BCUT2D eigenvalue weighted by Gasteiger charge is 2.11. The van der Waals surface area contributed by atoms with Gasteiger partial charge in [-0.15, -0.1) is 0 Å². The molecular formula is C16H16ClNO3. The monoisotopic (exact) mass is 305 g/mol. The highest BCUT2D eigenvalue weighted by Crippen LogP contribution is 2.21. The van der Waals surface area contributed by atoms with Crippen LogP contribution in [-0.4, -0.2) is 24.2 Å². The number of carbonyl (C=O) groups excluding carboxylic acids is 1. The van der Waals surface area contributed by atoms with Crippen LogP contribution in [0, 0.1) is 0 Å². The van der Waals surface area contributed by atoms with Crippen LogP contribution in [0.25, 0.3) is 0 Å². The van der Waals surface area contributed by atoms with Crippen LogP contribution < -0.4 is 10.1 Å². The molecule has 21 heavy (non-hydrogen) atoms. The lowest BCUT2D eigenvalue weighted by Gasteiger charge is -2.12. The van der Waals surface area contributed by atoms with Crippen LogP contribution in [-0.2, 0) is 6.61 Å². The van der Waals surface area contributed by atoms with Crippen molar-refractivity contribution in [3.05, 3.63) is 64.7 Å². The maximum atomic E-state index is 12.0. The molecular weight excluding hydrogens is 290 g/mol. The van der Waals surface area contributed by atoms with E-state index in [0.29, 0.717) is 16.3 Å². The molecule has 0 fully saturated rings. The molecule has 2 aromatic carbocycles. The van der Waals surface area contributed by atoms with Gasteiger partial charge in [0.2, 0.25) is 0 Å². The van der Waals surface area contributed by atoms with Crippen molar-refractivity contribution < 1.29 is 14.6 Å². The Morgan fingerprint density at radius 1 is 1.14 bits per heavy atom. The summed E-state index contributed by atoms with van der Waals surface area (Å²) in [5.74, 6) is 0.201. The van der Waals surface area contributed by atoms with Crippen molar-refractivity contribution in [2.75, 3.05) is 13.2 Å². The van der Waals surface area contributed by atoms with E-state index in [-0.39, 0.29) is 25.7 Å². The molecule has 0 spiro atoms. The second-order valence-corrected chi connectivity index (χ2v) is 4.76. The number of hydrogen-bond acceptors (Lipinski definition) is 3. The van der Waals surface area contributed by atoms with Gasteiger partial charge in [-0.25, -0.2) is 0 Å². The molecule has 0 aliphatic heterocycles. The number of para-hydroxylation sites is 1. The number of halogens is 1. The van der Waals surface area contributed by atoms with E-state index in [1.165, 1.54) is 0 Å². The first-order valence-electron chi connectivity index (χ1n) is 6.56. The van der Waals surface area contributed by atoms with Crippen LogP contribution >= 0.6 is 11.6 Å². The highest BCUT2D eigenvalue weighted by molar-refractivity contribution is 6.31. The third kappa shape index (κ3) is 4.21. The molecule has 0 saturated carbocycles. The Labute approximate surface area is 128 Å². The Bertz CT molecular complexity index is 616. The van der Waals surface area contributed by atoms with Crippen molar-refractivity contribution in [3.8, 4) is 5.75 Å². The van der Waals surface area contributed by atoms with Gasteiger partial charge in [0.05, 0.1) is 12.2 Å². The van der Waals surface area contributed by atoms with Crippen molar-refractivity contribution in [2.24, 2.45) is 0 Å². The molecule has 110 valence electrons. The lowest BCUT2D eigenvalue weighted by atomic mass is 10.2. The van der Waals surface area contributed by atoms with E-state index in [0.717, 1.165) is 5.56 Å². The number of rotatable bonds is 6. The molecule has 0 aliphatic carbocycles. The minimum Gasteiger partial charge on any atom is -0.488 e. The van der Waals surface area contributed by atoms with E-state index in [1.807, 2.05) is 18.2 Å². The van der Waals surface area contributed by atoms with E-state index < -0.39 is 0 Å². The Balaban J connectivity index is 2.10. The van der Waals surface area contributed by atoms with Crippen LogP contribution in [0.4, 0.5) is 0 Å². The number of carbonyl (C=O) groups is 1. The number of aliphatic hydroxyl groups is 1. The fraction of sp³-hybridized carbons (Fsp3) is 0.188. The van der Waals surface area contributed by atoms with Gasteiger partial charge in [-0.2, -0.15) is 0 Å². The summed E-state index contributed by atoms with van der Waals surface area (Å²) in [5.41, 5.74) is 1.28. The highest BCUT2D eigenvalue weighted by atomic mass is 35.5. The second kappa shape index (κ2) is 7.67. The van der Waals surface area contributed by atoms with Gasteiger partial charge >= 0.3 is 0 Å². The number of benzene rings is 2. The van der Waals surface area contributed by atoms with Crippen LogP contribution in [0.2, 0.25) is 5.02 Å². The third-order valence-corrected chi connectivity index (χ3v) is 3.24. The molecule has 0 unspecified atom stereocenters. The molecule has 0 saturated heterocycles. The lowest BCUT2D eigenvalue weighted by Crippen LogP contribution is -2.26. The maximum absolute atomic E-state index is 12.0. The third-order valence-electron chi connectivity index (χ3n) is 2.87. The van der Waals surface area contributed by atoms with Crippen molar-refractivity contribution in [3.63, 3.8) is 0 Å². The predicted molar refractivity (Wildman–Crippen MR) is 81.6 cm³/mol. The lowest BCUT2D eigenvalue weighted by molar-refractivity contribution is 0.0940. The van der Waals surface area contributed by atoms with Gasteiger partial charge in [0, 0.05) is 17.1 Å². The van der Waals surface area contributed by atoms with Crippen LogP contribution in [0.15, 0.2) is 48.5 Å². The summed E-state index contributed by atoms with van der Waals surface area (Å²) in [4.78, 5) is 12.0. The summed E-state index contributed by atoms with van der Waals surface area (Å²) in [6.07, 6.45) is 0. The zero-order valence-electron chi connectivity index (χ0n) is 11.4. The van der Waals surface area contributed by atoms with E-state index in [4.69, 9.17) is 21.4 Å². The number of amides is 1. The summed E-state index contributed by atoms with van der Waals surface area (Å²) >= 11 is 6.07. The fourth-order valence-electron chi connectivity index (χ4n) is 1.82. The molecule has 0 aliphatic rings. The first kappa shape index (κ1) is 15.4. The van der Waals surface area contributed by atoms with Gasteiger partial charge < -0.3 is 15.2 Å². The molecule has 0 atom stereocenters. The number of hydrogen-bond donors (Lipinski definition) is 2. The molecule has 0 radical (unpaired) electrons. The first-order chi connectivity index (χ1) is 10.2. The number of aliphatic hydroxyl groups excluding tert-OH is 1. The van der Waals surface area contributed by atoms with Crippen molar-refractivity contribution in [2.45, 2.75) is 6.61 Å². The number of nitrogens with one attached hydrogen (secondary N) is 1. The summed E-state index contributed by atoms with van der Waals surface area (Å²) in [7, 11) is 0. The summed E-state index contributed by atoms with van der Waals surface area (Å²) in [6, 6.07) is 14.4. The average molecular weight is 306 g/mol. The van der Waals surface area contributed by atoms with Crippen LogP contribution in [0.1, 0.15) is 15.9 Å². The Hall–Kier alpha value is -2.04. The molecule has 0 aromatic heterocycles. The zero-order chi connectivity index (χ0) is 15.1. The first-order valence-corrected chi connectivity index (χ1v) is 6.94. The minimum absolute atomic E-state index is 0.103. The van der Waals surface area contributed by atoms with Crippen LogP contribution in [0.3, 0.4) is 0 Å². The summed E-state index contributed by atoms with van der Waals surface area (Å²) in [6.45, 7) is 0.385. The molecule has 2 N–H and O–H groups in total. The maximum Gasteiger partial charge on any atom is 0.255 e. The number of ether oxygens (including phenoxy) is 1. The summed E-state index contributed by atoms with van der Waals surface area (Å²) in [5, 5.41) is 12.0. The molecule has 4 nitrogen and oxygen atoms in total. The van der Waals surface area contributed by atoms with E-state index in [9.17, 15) is 4.79 Å². The van der Waals surface area contributed by atoms with Crippen molar-refractivity contribution in [1.29, 1.82) is 0 Å². The minimum atomic E-state index is -0.279. The average Bonchev–Trinajstić information content (AvgIpc) is 2.52. The molecule has 0 heterocycles. The van der Waals surface area contributed by atoms with Crippen molar-refractivity contribution in [1.82, 2.24) is 5.32 Å². The normalized spacial score (nSPS) is 10.2. The van der Waals surface area contributed by atoms with Gasteiger partial charge in [-0.1, -0.05) is 41.9 Å². The van der Waals surface area contributed by atoms with E-state index in [2.05, 4.69) is 5.32 Å². The second-order valence-electron chi connectivity index (χ2n) is 4.36. The van der Waals surface area contributed by atoms with E-state index >= 15 is 0 Å². The Morgan fingerprint density at radius 2 is 1.86 bits per heavy atom. The molecule has 1 amide bonds. The molecule has 2 rings (SSSR count). The SMILES string of the molecule is O=C(NCCO)c1ccccc1OCc1ccccc1Cl. The van der Waals surface area contributed by atoms with Gasteiger partial charge in [-0.05, 0) is 18.2 Å². The van der Waals surface area contributed by atoms with Gasteiger partial charge in [-0.3, -0.25) is 4.79 Å². The van der Waals surface area contributed by atoms with Crippen LogP contribution in [0.5, 0.6) is 5.75 Å². The Morgan fingerprint density at radius 3 is 2.62 bits per heavy atom. The summed E-state index contributed by atoms with van der Waals surface area (Å²) < 4.78 is 5.70. The van der Waals surface area contributed by atoms with Crippen molar-refractivity contribution >= 4 is 17.5 Å². The Kier molecular flexibility index (Phi) is 5.60. The van der Waals surface area contributed by atoms with Gasteiger partial charge in [0.15, 0.2) is 0 Å². The smallest absolute Gasteiger partial charge is 0.255 e. The standard InChI is InChI=1S/C16H16ClNO3/c17-14-7-3-1-5-12(14)11-21-15-8-4-2-6-13(15)16(20)18-9-10-19/h1-8,19H,9-11H2,(H,18,20). The van der Waals surface area contributed by atoms with E-state index in [1.54, 1.807) is 30.3 Å². The molecule has 2 aromatic rings. The molecule has 5 heteroatoms. The molecule has 0 bridgehead atoms. The predicted octanol–water partition coefficient (Wildman–Crippen LogP) is 2.64. The van der Waals surface area contributed by atoms with Gasteiger partial charge in [0.25, 0.3) is 5.91 Å². The zero-order valence-corrected chi connectivity index (χ0v) is 12.1. The quantitative estimate of drug-likeness (QED) is 0.862. The topological polar surface area (TPSA) is 58.6 Å². The largest absolute Gasteiger partial charge is 0.488 e. The fourth-order valence-corrected chi connectivity index (χ4v) is 2.01.